The van der Waals surface area contributed by atoms with Gasteiger partial charge in [0.1, 0.15) is 18.1 Å². The summed E-state index contributed by atoms with van der Waals surface area (Å²) in [5, 5.41) is 0. The fourth-order valence-electron chi connectivity index (χ4n) is 0.972. The van der Waals surface area contributed by atoms with Gasteiger partial charge < -0.3 is 9.15 Å². The Bertz CT molecular complexity index is 268. The Morgan fingerprint density at radius 2 is 2.25 bits per heavy atom. The highest BCUT2D eigenvalue weighted by atomic mass is 16.5. The molecule has 0 spiro atoms. The highest BCUT2D eigenvalue weighted by Crippen LogP contribution is 2.10. The third-order valence-corrected chi connectivity index (χ3v) is 1.52. The first-order chi connectivity index (χ1) is 5.86. The Morgan fingerprint density at radius 1 is 1.50 bits per heavy atom. The van der Waals surface area contributed by atoms with Gasteiger partial charge in [-0.05, 0) is 12.1 Å². The molecule has 1 rings (SSSR count). The number of methoxy groups -OCH3 is 1. The standard InChI is InChI=1S/C10H12O2/c1-3-4-5-9-6-7-10(12-9)8-11-2/h1,6-7H,4-5,8H2,2H3. The van der Waals surface area contributed by atoms with E-state index in [1.807, 2.05) is 12.1 Å². The summed E-state index contributed by atoms with van der Waals surface area (Å²) < 4.78 is 10.3. The highest BCUT2D eigenvalue weighted by Gasteiger charge is 1.99. The van der Waals surface area contributed by atoms with Crippen molar-refractivity contribution in [1.29, 1.82) is 0 Å². The monoisotopic (exact) mass is 164 g/mol. The van der Waals surface area contributed by atoms with Gasteiger partial charge in [-0.1, -0.05) is 0 Å². The quantitative estimate of drug-likeness (QED) is 0.635. The van der Waals surface area contributed by atoms with Gasteiger partial charge in [-0.25, -0.2) is 0 Å². The second-order valence-electron chi connectivity index (χ2n) is 2.51. The van der Waals surface area contributed by atoms with Gasteiger partial charge in [-0.3, -0.25) is 0 Å². The molecular weight excluding hydrogens is 152 g/mol. The van der Waals surface area contributed by atoms with E-state index in [1.54, 1.807) is 7.11 Å². The van der Waals surface area contributed by atoms with Gasteiger partial charge in [0, 0.05) is 20.0 Å². The van der Waals surface area contributed by atoms with Crippen LogP contribution in [0.4, 0.5) is 0 Å². The number of terminal acetylenes is 1. The van der Waals surface area contributed by atoms with Crippen molar-refractivity contribution in [1.82, 2.24) is 0 Å². The summed E-state index contributed by atoms with van der Waals surface area (Å²) in [6, 6.07) is 3.85. The molecule has 0 bridgehead atoms. The van der Waals surface area contributed by atoms with Crippen molar-refractivity contribution in [2.24, 2.45) is 0 Å². The van der Waals surface area contributed by atoms with Crippen LogP contribution in [0, 0.1) is 12.3 Å². The number of ether oxygens (including phenoxy) is 1. The molecule has 0 unspecified atom stereocenters. The van der Waals surface area contributed by atoms with Gasteiger partial charge in [0.2, 0.25) is 0 Å². The van der Waals surface area contributed by atoms with Crippen LogP contribution in [0.25, 0.3) is 0 Å². The Morgan fingerprint density at radius 3 is 2.92 bits per heavy atom. The van der Waals surface area contributed by atoms with Crippen LogP contribution in [0.2, 0.25) is 0 Å². The molecule has 0 aliphatic heterocycles. The summed E-state index contributed by atoms with van der Waals surface area (Å²) in [5.74, 6) is 4.35. The van der Waals surface area contributed by atoms with E-state index in [9.17, 15) is 0 Å². The van der Waals surface area contributed by atoms with Crippen molar-refractivity contribution in [2.75, 3.05) is 7.11 Å². The minimum absolute atomic E-state index is 0.524. The lowest BCUT2D eigenvalue weighted by Crippen LogP contribution is -1.83. The molecule has 0 aliphatic rings. The average molecular weight is 164 g/mol. The summed E-state index contributed by atoms with van der Waals surface area (Å²) in [5.41, 5.74) is 0. The van der Waals surface area contributed by atoms with Crippen molar-refractivity contribution >= 4 is 0 Å². The Hall–Kier alpha value is -1.20. The molecule has 0 radical (unpaired) electrons. The first-order valence-corrected chi connectivity index (χ1v) is 3.87. The Balaban J connectivity index is 2.47. The minimum Gasteiger partial charge on any atom is -0.464 e. The van der Waals surface area contributed by atoms with E-state index in [4.69, 9.17) is 15.6 Å². The fraction of sp³-hybridized carbons (Fsp3) is 0.400. The molecule has 64 valence electrons. The largest absolute Gasteiger partial charge is 0.464 e. The van der Waals surface area contributed by atoms with Crippen molar-refractivity contribution in [2.45, 2.75) is 19.4 Å². The van der Waals surface area contributed by atoms with Crippen LogP contribution in [0.15, 0.2) is 16.5 Å². The molecule has 1 aromatic heterocycles. The van der Waals surface area contributed by atoms with E-state index >= 15 is 0 Å². The van der Waals surface area contributed by atoms with Crippen LogP contribution >= 0.6 is 0 Å². The van der Waals surface area contributed by atoms with Gasteiger partial charge in [0.25, 0.3) is 0 Å². The van der Waals surface area contributed by atoms with E-state index in [2.05, 4.69) is 5.92 Å². The molecule has 0 aliphatic carbocycles. The topological polar surface area (TPSA) is 22.4 Å². The molecule has 2 nitrogen and oxygen atoms in total. The lowest BCUT2D eigenvalue weighted by Gasteiger charge is -1.93. The Labute approximate surface area is 72.5 Å². The average Bonchev–Trinajstić information content (AvgIpc) is 2.50. The predicted molar refractivity (Wildman–Crippen MR) is 46.6 cm³/mol. The zero-order chi connectivity index (χ0) is 8.81. The molecule has 1 aromatic rings. The molecule has 0 amide bonds. The van der Waals surface area contributed by atoms with E-state index < -0.39 is 0 Å². The van der Waals surface area contributed by atoms with Crippen molar-refractivity contribution < 1.29 is 9.15 Å². The molecule has 2 heteroatoms. The number of hydrogen-bond donors (Lipinski definition) is 0. The van der Waals surface area contributed by atoms with E-state index in [0.29, 0.717) is 6.61 Å². The highest BCUT2D eigenvalue weighted by molar-refractivity contribution is 5.07. The maximum atomic E-state index is 5.41. The molecule has 0 N–H and O–H groups in total. The van der Waals surface area contributed by atoms with E-state index in [0.717, 1.165) is 24.4 Å². The van der Waals surface area contributed by atoms with Gasteiger partial charge in [0.05, 0.1) is 0 Å². The summed E-state index contributed by atoms with van der Waals surface area (Å²) in [7, 11) is 1.64. The molecule has 12 heavy (non-hydrogen) atoms. The lowest BCUT2D eigenvalue weighted by atomic mass is 10.2. The van der Waals surface area contributed by atoms with Crippen LogP contribution in [-0.2, 0) is 17.8 Å². The first kappa shape index (κ1) is 8.89. The normalized spacial score (nSPS) is 9.67. The third-order valence-electron chi connectivity index (χ3n) is 1.52. The zero-order valence-electron chi connectivity index (χ0n) is 7.17. The van der Waals surface area contributed by atoms with Crippen LogP contribution < -0.4 is 0 Å². The Kier molecular flexibility index (Phi) is 3.43. The van der Waals surface area contributed by atoms with Crippen LogP contribution in [-0.4, -0.2) is 7.11 Å². The smallest absolute Gasteiger partial charge is 0.129 e. The summed E-state index contributed by atoms with van der Waals surface area (Å²) in [6.45, 7) is 0.524. The summed E-state index contributed by atoms with van der Waals surface area (Å²) in [4.78, 5) is 0. The molecule has 1 heterocycles. The van der Waals surface area contributed by atoms with Crippen LogP contribution in [0.1, 0.15) is 17.9 Å². The van der Waals surface area contributed by atoms with Gasteiger partial charge >= 0.3 is 0 Å². The molecule has 0 saturated heterocycles. The van der Waals surface area contributed by atoms with Gasteiger partial charge in [-0.15, -0.1) is 12.3 Å². The SMILES string of the molecule is C#CCCc1ccc(COC)o1. The maximum Gasteiger partial charge on any atom is 0.129 e. The van der Waals surface area contributed by atoms with Crippen LogP contribution in [0.3, 0.4) is 0 Å². The number of rotatable bonds is 4. The predicted octanol–water partition coefficient (Wildman–Crippen LogP) is 1.99. The molecular formula is C10H12O2. The molecule has 0 atom stereocenters. The molecule has 0 aromatic carbocycles. The van der Waals surface area contributed by atoms with Crippen molar-refractivity contribution in [3.63, 3.8) is 0 Å². The number of furan rings is 1. The minimum atomic E-state index is 0.524. The lowest BCUT2D eigenvalue weighted by molar-refractivity contribution is 0.162. The van der Waals surface area contributed by atoms with Gasteiger partial charge in [-0.2, -0.15) is 0 Å². The number of aryl methyl sites for hydroxylation is 1. The van der Waals surface area contributed by atoms with Crippen LogP contribution in [0.5, 0.6) is 0 Å². The molecule has 0 fully saturated rings. The summed E-state index contributed by atoms with van der Waals surface area (Å²) in [6.07, 6.45) is 6.65. The zero-order valence-corrected chi connectivity index (χ0v) is 7.17. The second kappa shape index (κ2) is 4.63. The summed E-state index contributed by atoms with van der Waals surface area (Å²) >= 11 is 0. The number of hydrogen-bond acceptors (Lipinski definition) is 2. The fourth-order valence-corrected chi connectivity index (χ4v) is 0.972. The third kappa shape index (κ3) is 2.44. The van der Waals surface area contributed by atoms with E-state index in [-0.39, 0.29) is 0 Å². The van der Waals surface area contributed by atoms with Crippen molar-refractivity contribution in [3.05, 3.63) is 23.7 Å². The maximum absolute atomic E-state index is 5.41. The molecule has 0 saturated carbocycles. The van der Waals surface area contributed by atoms with Gasteiger partial charge in [0.15, 0.2) is 0 Å². The second-order valence-corrected chi connectivity index (χ2v) is 2.51. The van der Waals surface area contributed by atoms with Crippen molar-refractivity contribution in [3.8, 4) is 12.3 Å². The first-order valence-electron chi connectivity index (χ1n) is 3.87. The van der Waals surface area contributed by atoms with E-state index in [1.165, 1.54) is 0 Å².